The average Bonchev–Trinajstić information content (AvgIpc) is 2.75. The molecule has 0 aromatic carbocycles. The smallest absolute Gasteiger partial charge is 0.218 e. The van der Waals surface area contributed by atoms with E-state index in [0.717, 1.165) is 25.6 Å². The van der Waals surface area contributed by atoms with E-state index in [2.05, 4.69) is 10.3 Å². The molecular weight excluding hydrogens is 183 g/mol. The number of pyridine rings is 1. The van der Waals surface area contributed by atoms with Crippen LogP contribution in [0, 0.1) is 5.82 Å². The molecule has 0 amide bonds. The van der Waals surface area contributed by atoms with Crippen LogP contribution in [-0.4, -0.2) is 18.6 Å². The third-order valence-corrected chi connectivity index (χ3v) is 2.38. The second kappa shape index (κ2) is 3.92. The zero-order valence-electron chi connectivity index (χ0n) is 9.01. The van der Waals surface area contributed by atoms with Crippen molar-refractivity contribution < 1.29 is 10.5 Å². The molecule has 3 nitrogen and oxygen atoms in total. The number of nitrogens with one attached hydrogen (secondary N) is 1. The molecular formula is C10H13FN2O. The number of aromatic nitrogens is 1. The number of halogens is 1. The molecule has 1 saturated heterocycles. The third-order valence-electron chi connectivity index (χ3n) is 2.38. The molecule has 2 heterocycles. The Kier molecular flexibility index (Phi) is 2.29. The van der Waals surface area contributed by atoms with E-state index in [9.17, 15) is 4.39 Å². The van der Waals surface area contributed by atoms with Gasteiger partial charge in [0.05, 0.1) is 14.7 Å². The molecule has 1 atom stereocenters. The molecule has 1 unspecified atom stereocenters. The summed E-state index contributed by atoms with van der Waals surface area (Å²) in [6.07, 6.45) is 2.96. The van der Waals surface area contributed by atoms with Gasteiger partial charge in [-0.1, -0.05) is 0 Å². The Labute approximate surface area is 83.7 Å². The summed E-state index contributed by atoms with van der Waals surface area (Å²) in [6.45, 7) is 0.893. The fourth-order valence-electron chi connectivity index (χ4n) is 1.73. The van der Waals surface area contributed by atoms with Crippen LogP contribution in [0.4, 0.5) is 4.39 Å². The first-order chi connectivity index (χ1) is 7.24. The number of hydrogen-bond acceptors (Lipinski definition) is 3. The Morgan fingerprint density at radius 2 is 2.64 bits per heavy atom. The van der Waals surface area contributed by atoms with Crippen LogP contribution in [0.2, 0.25) is 0 Å². The van der Waals surface area contributed by atoms with Crippen LogP contribution in [0.25, 0.3) is 0 Å². The van der Waals surface area contributed by atoms with Crippen LogP contribution < -0.4 is 10.1 Å². The number of hydrogen-bond donors (Lipinski definition) is 1. The molecule has 1 N–H and O–H groups in total. The van der Waals surface area contributed by atoms with E-state index in [0.29, 0.717) is 11.4 Å². The molecule has 2 rings (SSSR count). The summed E-state index contributed by atoms with van der Waals surface area (Å²) in [4.78, 5) is 3.84. The fraction of sp³-hybridized carbons (Fsp3) is 0.500. The number of nitrogens with zero attached hydrogens (tertiary/aromatic N) is 1. The minimum Gasteiger partial charge on any atom is -0.481 e. The van der Waals surface area contributed by atoms with Gasteiger partial charge in [-0.25, -0.2) is 9.37 Å². The molecule has 1 aromatic rings. The lowest BCUT2D eigenvalue weighted by molar-refractivity contribution is 0.383. The van der Waals surface area contributed by atoms with Crippen LogP contribution in [0.5, 0.6) is 5.88 Å². The Bertz CT molecular complexity index is 367. The topological polar surface area (TPSA) is 34.1 Å². The van der Waals surface area contributed by atoms with Gasteiger partial charge in [-0.05, 0) is 25.4 Å². The summed E-state index contributed by atoms with van der Waals surface area (Å²) < 4.78 is 25.9. The van der Waals surface area contributed by atoms with Gasteiger partial charge in [-0.3, -0.25) is 0 Å². The van der Waals surface area contributed by atoms with Crippen molar-refractivity contribution in [1.29, 1.82) is 0 Å². The molecule has 0 spiro atoms. The van der Waals surface area contributed by atoms with Gasteiger partial charge in [0.25, 0.3) is 0 Å². The minimum atomic E-state index is -0.598. The Morgan fingerprint density at radius 3 is 3.29 bits per heavy atom. The molecule has 4 heteroatoms. The quantitative estimate of drug-likeness (QED) is 0.782. The van der Waals surface area contributed by atoms with Gasteiger partial charge in [-0.15, -0.1) is 0 Å². The average molecular weight is 197 g/mol. The van der Waals surface area contributed by atoms with Gasteiger partial charge in [0.15, 0.2) is 0 Å². The maximum absolute atomic E-state index is 13.2. The van der Waals surface area contributed by atoms with Crippen molar-refractivity contribution in [3.63, 3.8) is 0 Å². The first kappa shape index (κ1) is 8.17. The van der Waals surface area contributed by atoms with E-state index in [4.69, 9.17) is 6.11 Å². The number of rotatable bonds is 2. The molecule has 0 bridgehead atoms. The summed E-state index contributed by atoms with van der Waals surface area (Å²) in [5.41, 5.74) is 0.537. The lowest BCUT2D eigenvalue weighted by Gasteiger charge is -2.13. The molecule has 1 aromatic heterocycles. The lowest BCUT2D eigenvalue weighted by Crippen LogP contribution is -2.14. The second-order valence-corrected chi connectivity index (χ2v) is 3.30. The Morgan fingerprint density at radius 1 is 1.79 bits per heavy atom. The first-order valence-corrected chi connectivity index (χ1v) is 4.66. The largest absolute Gasteiger partial charge is 0.481 e. The van der Waals surface area contributed by atoms with E-state index >= 15 is 0 Å². The van der Waals surface area contributed by atoms with E-state index in [1.165, 1.54) is 7.11 Å². The van der Waals surface area contributed by atoms with Crippen LogP contribution in [0.3, 0.4) is 0 Å². The van der Waals surface area contributed by atoms with Crippen molar-refractivity contribution >= 4 is 0 Å². The lowest BCUT2D eigenvalue weighted by atomic mass is 10.1. The third kappa shape index (κ3) is 1.70. The molecule has 1 aliphatic heterocycles. The summed E-state index contributed by atoms with van der Waals surface area (Å²) in [5, 5.41) is 3.21. The van der Waals surface area contributed by atoms with Crippen molar-refractivity contribution in [3.8, 4) is 5.88 Å². The highest BCUT2D eigenvalue weighted by molar-refractivity contribution is 5.30. The maximum Gasteiger partial charge on any atom is 0.218 e. The van der Waals surface area contributed by atoms with Crippen LogP contribution in [0.15, 0.2) is 12.2 Å². The standard InChI is InChI=1S/C10H13FN2O/c1-14-10-8(5-7(11)6-13-10)9-3-2-4-12-9/h5-6,9,12H,2-4H2,1H3/i5D. The summed E-state index contributed by atoms with van der Waals surface area (Å²) in [7, 11) is 1.48. The molecule has 1 aliphatic rings. The molecule has 76 valence electrons. The number of ether oxygens (including phenoxy) is 1. The Hall–Kier alpha value is -1.16. The highest BCUT2D eigenvalue weighted by atomic mass is 19.1. The van der Waals surface area contributed by atoms with Crippen molar-refractivity contribution in [2.24, 2.45) is 0 Å². The predicted molar refractivity (Wildman–Crippen MR) is 50.7 cm³/mol. The van der Waals surface area contributed by atoms with Gasteiger partial charge in [-0.2, -0.15) is 0 Å². The highest BCUT2D eigenvalue weighted by Crippen LogP contribution is 2.29. The highest BCUT2D eigenvalue weighted by Gasteiger charge is 2.21. The second-order valence-electron chi connectivity index (χ2n) is 3.30. The van der Waals surface area contributed by atoms with E-state index in [1.54, 1.807) is 0 Å². The minimum absolute atomic E-state index is 0.00403. The molecule has 0 radical (unpaired) electrons. The van der Waals surface area contributed by atoms with Gasteiger partial charge in [0, 0.05) is 11.6 Å². The molecule has 0 aliphatic carbocycles. The van der Waals surface area contributed by atoms with Crippen LogP contribution in [-0.2, 0) is 0 Å². The zero-order valence-corrected chi connectivity index (χ0v) is 8.01. The normalized spacial score (nSPS) is 22.1. The van der Waals surface area contributed by atoms with Gasteiger partial charge in [0.1, 0.15) is 5.82 Å². The summed E-state index contributed by atoms with van der Waals surface area (Å²) in [6, 6.07) is -0.114. The van der Waals surface area contributed by atoms with Crippen molar-refractivity contribution in [3.05, 3.63) is 23.6 Å². The summed E-state index contributed by atoms with van der Waals surface area (Å²) in [5.74, 6) is -0.250. The van der Waals surface area contributed by atoms with Gasteiger partial charge in [0.2, 0.25) is 5.88 Å². The number of methoxy groups -OCH3 is 1. The molecule has 1 fully saturated rings. The van der Waals surface area contributed by atoms with Crippen LogP contribution >= 0.6 is 0 Å². The van der Waals surface area contributed by atoms with E-state index in [-0.39, 0.29) is 12.1 Å². The maximum atomic E-state index is 13.2. The Balaban J connectivity index is 2.45. The monoisotopic (exact) mass is 197 g/mol. The predicted octanol–water partition coefficient (Wildman–Crippen LogP) is 1.65. The van der Waals surface area contributed by atoms with Gasteiger partial charge < -0.3 is 10.1 Å². The summed E-state index contributed by atoms with van der Waals surface area (Å²) >= 11 is 0. The van der Waals surface area contributed by atoms with Gasteiger partial charge >= 0.3 is 0 Å². The first-order valence-electron chi connectivity index (χ1n) is 5.16. The van der Waals surface area contributed by atoms with Crippen LogP contribution in [0.1, 0.15) is 25.8 Å². The van der Waals surface area contributed by atoms with Crippen molar-refractivity contribution in [1.82, 2.24) is 10.3 Å². The van der Waals surface area contributed by atoms with Crippen molar-refractivity contribution in [2.45, 2.75) is 18.9 Å². The zero-order chi connectivity index (χ0) is 10.8. The fourth-order valence-corrected chi connectivity index (χ4v) is 1.73. The molecule has 0 saturated carbocycles. The van der Waals surface area contributed by atoms with Crippen molar-refractivity contribution in [2.75, 3.05) is 13.7 Å². The van der Waals surface area contributed by atoms with E-state index in [1.807, 2.05) is 0 Å². The molecule has 14 heavy (non-hydrogen) atoms. The van der Waals surface area contributed by atoms with E-state index < -0.39 is 5.82 Å². The SMILES string of the molecule is [2H]c1c(F)cnc(OC)c1C1CCCN1.